The predicted molar refractivity (Wildman–Crippen MR) is 190 cm³/mol. The van der Waals surface area contributed by atoms with Crippen molar-refractivity contribution in [2.45, 2.75) is 37.9 Å². The van der Waals surface area contributed by atoms with E-state index in [1.165, 1.54) is 47.4 Å². The smallest absolute Gasteiger partial charge is 0.347 e. The average Bonchev–Trinajstić information content (AvgIpc) is 3.36. The van der Waals surface area contributed by atoms with Gasteiger partial charge in [0, 0.05) is 61.7 Å². The maximum atomic E-state index is 14.1. The maximum absolute atomic E-state index is 14.1. The second-order valence-corrected chi connectivity index (χ2v) is 13.6. The number of aromatic hydroxyl groups is 1. The molecule has 2 unspecified atom stereocenters. The summed E-state index contributed by atoms with van der Waals surface area (Å²) in [5, 5.41) is 10.4. The van der Waals surface area contributed by atoms with E-state index in [9.17, 15) is 29.1 Å². The number of allylic oxidation sites excluding steroid dienone is 6. The number of rotatable bonds is 7. The van der Waals surface area contributed by atoms with E-state index in [1.807, 2.05) is 22.6 Å². The predicted octanol–water partition coefficient (Wildman–Crippen LogP) is 3.12. The van der Waals surface area contributed by atoms with Gasteiger partial charge in [-0.3, -0.25) is 14.4 Å². The van der Waals surface area contributed by atoms with Crippen LogP contribution in [0.2, 0.25) is 5.02 Å². The van der Waals surface area contributed by atoms with E-state index in [1.54, 1.807) is 31.3 Å². The number of carbonyl (C=O) groups is 2. The van der Waals surface area contributed by atoms with Gasteiger partial charge in [-0.1, -0.05) is 17.7 Å². The van der Waals surface area contributed by atoms with Gasteiger partial charge >= 0.3 is 11.4 Å². The molecule has 258 valence electrons. The summed E-state index contributed by atoms with van der Waals surface area (Å²) >= 11 is 8.22. The van der Waals surface area contributed by atoms with Crippen LogP contribution in [0.3, 0.4) is 0 Å². The number of benzene rings is 2. The van der Waals surface area contributed by atoms with Crippen LogP contribution in [-0.4, -0.2) is 61.5 Å². The van der Waals surface area contributed by atoms with Crippen molar-refractivity contribution in [3.63, 3.8) is 0 Å². The van der Waals surface area contributed by atoms with Crippen LogP contribution >= 0.6 is 34.2 Å². The molecule has 3 heterocycles. The van der Waals surface area contributed by atoms with Gasteiger partial charge in [0.1, 0.15) is 5.69 Å². The first-order chi connectivity index (χ1) is 23.9. The third-order valence-corrected chi connectivity index (χ3v) is 10.6. The SMILES string of the molecule is COc1cc2nc(CCn3c(=O)n4n(c3=O)C3CC5=C(C(=O)C(I)=CC5=O)C(c5cc(Cl)c(O)c(OC)c5)C3=CC4)c(=O)n(C)c2cc1OC. The molecule has 2 aromatic heterocycles. The topological polar surface area (TPSA) is 166 Å². The molecule has 0 spiro atoms. The number of Topliss-reactive ketones (excluding diaryl/α,β-unsaturated/α-hetero) is 1. The lowest BCUT2D eigenvalue weighted by Gasteiger charge is -2.39. The summed E-state index contributed by atoms with van der Waals surface area (Å²) in [5.74, 6) is -0.887. The third kappa shape index (κ3) is 5.04. The van der Waals surface area contributed by atoms with Gasteiger partial charge in [0.25, 0.3) is 5.56 Å². The lowest BCUT2D eigenvalue weighted by molar-refractivity contribution is -0.115. The summed E-state index contributed by atoms with van der Waals surface area (Å²) in [6, 6.07) is 5.54. The van der Waals surface area contributed by atoms with Crippen molar-refractivity contribution >= 4 is 56.8 Å². The standard InChI is InChI=1S/C34H29ClIN5O9/c1-38-23-14-26(49-3)25(48-2)13-21(23)37-20(32(38)45)6-7-39-33(46)40-8-5-16-22(41(40)34(39)47)11-17-24(42)12-19(36)31(44)29(17)28(16)15-9-18(35)30(43)27(10-15)50-4/h5,9-10,12-14,22,28,43H,6-8,11H2,1-4H3. The number of methoxy groups -OCH3 is 3. The van der Waals surface area contributed by atoms with Gasteiger partial charge in [-0.25, -0.2) is 28.5 Å². The number of phenolic OH excluding ortho intramolecular Hbond substituents is 1. The summed E-state index contributed by atoms with van der Waals surface area (Å²) in [6.45, 7) is -0.143. The van der Waals surface area contributed by atoms with Crippen LogP contribution in [0.25, 0.3) is 11.0 Å². The largest absolute Gasteiger partial charge is 0.503 e. The maximum Gasteiger partial charge on any atom is 0.347 e. The molecule has 2 aliphatic carbocycles. The zero-order valence-corrected chi connectivity index (χ0v) is 30.1. The van der Waals surface area contributed by atoms with Gasteiger partial charge in [0.15, 0.2) is 34.6 Å². The lowest BCUT2D eigenvalue weighted by Crippen LogP contribution is -2.40. The second-order valence-electron chi connectivity index (χ2n) is 12.0. The minimum absolute atomic E-state index is 0.00164. The van der Waals surface area contributed by atoms with Gasteiger partial charge in [0.2, 0.25) is 0 Å². The van der Waals surface area contributed by atoms with Crippen LogP contribution in [0.5, 0.6) is 23.0 Å². The Balaban J connectivity index is 1.31. The number of ketones is 2. The zero-order chi connectivity index (χ0) is 35.8. The first-order valence-electron chi connectivity index (χ1n) is 15.4. The van der Waals surface area contributed by atoms with Crippen LogP contribution in [0.15, 0.2) is 71.1 Å². The average molecular weight is 814 g/mol. The highest BCUT2D eigenvalue weighted by atomic mass is 127. The van der Waals surface area contributed by atoms with E-state index >= 15 is 0 Å². The Morgan fingerprint density at radius 2 is 1.68 bits per heavy atom. The fourth-order valence-corrected chi connectivity index (χ4v) is 7.89. The van der Waals surface area contributed by atoms with Crippen molar-refractivity contribution in [2.24, 2.45) is 7.05 Å². The third-order valence-electron chi connectivity index (χ3n) is 9.51. The van der Waals surface area contributed by atoms with Crippen LogP contribution < -0.4 is 31.1 Å². The Morgan fingerprint density at radius 1 is 0.980 bits per heavy atom. The molecule has 0 saturated carbocycles. The van der Waals surface area contributed by atoms with E-state index in [2.05, 4.69) is 4.98 Å². The molecule has 1 aliphatic heterocycles. The van der Waals surface area contributed by atoms with E-state index in [0.29, 0.717) is 33.7 Å². The highest BCUT2D eigenvalue weighted by Crippen LogP contribution is 2.52. The molecule has 0 bridgehead atoms. The van der Waals surface area contributed by atoms with Crippen molar-refractivity contribution in [3.05, 3.63) is 104 Å². The minimum Gasteiger partial charge on any atom is -0.503 e. The summed E-state index contributed by atoms with van der Waals surface area (Å²) in [5.41, 5.74) is 1.05. The minimum atomic E-state index is -0.829. The molecule has 1 N–H and O–H groups in total. The summed E-state index contributed by atoms with van der Waals surface area (Å²) in [4.78, 5) is 72.8. The van der Waals surface area contributed by atoms with Crippen LogP contribution in [-0.2, 0) is 36.1 Å². The molecular weight excluding hydrogens is 785 g/mol. The van der Waals surface area contributed by atoms with Crippen LogP contribution in [0.4, 0.5) is 0 Å². The van der Waals surface area contributed by atoms with Crippen molar-refractivity contribution < 1.29 is 28.9 Å². The number of ether oxygens (including phenoxy) is 3. The Bertz CT molecular complexity index is 2470. The van der Waals surface area contributed by atoms with Gasteiger partial charge < -0.3 is 23.9 Å². The fourth-order valence-electron chi connectivity index (χ4n) is 7.09. The number of nitrogens with zero attached hydrogens (tertiary/aromatic N) is 5. The highest BCUT2D eigenvalue weighted by Gasteiger charge is 2.45. The Morgan fingerprint density at radius 3 is 2.38 bits per heavy atom. The number of hydrogen-bond acceptors (Lipinski definition) is 10. The van der Waals surface area contributed by atoms with Gasteiger partial charge in [-0.05, 0) is 45.9 Å². The van der Waals surface area contributed by atoms with Crippen molar-refractivity contribution in [3.8, 4) is 23.0 Å². The van der Waals surface area contributed by atoms with E-state index in [4.69, 9.17) is 25.8 Å². The van der Waals surface area contributed by atoms with Gasteiger partial charge in [-0.15, -0.1) is 0 Å². The molecule has 2 atom stereocenters. The summed E-state index contributed by atoms with van der Waals surface area (Å²) < 4.78 is 21.4. The Labute approximate surface area is 301 Å². The first kappa shape index (κ1) is 33.6. The summed E-state index contributed by atoms with van der Waals surface area (Å²) in [7, 11) is 5.94. The zero-order valence-electron chi connectivity index (χ0n) is 27.2. The Kier molecular flexibility index (Phi) is 8.37. The molecular formula is C34H29ClIN5O9. The monoisotopic (exact) mass is 813 g/mol. The van der Waals surface area contributed by atoms with Crippen molar-refractivity contribution in [2.75, 3.05) is 21.3 Å². The molecule has 50 heavy (non-hydrogen) atoms. The van der Waals surface area contributed by atoms with Crippen molar-refractivity contribution in [1.82, 2.24) is 23.5 Å². The van der Waals surface area contributed by atoms with Gasteiger partial charge in [0.05, 0.1) is 53.6 Å². The van der Waals surface area contributed by atoms with Gasteiger partial charge in [-0.2, -0.15) is 0 Å². The number of phenols is 1. The second kappa shape index (κ2) is 12.5. The molecule has 0 fully saturated rings. The number of aromatic nitrogens is 5. The first-order valence-corrected chi connectivity index (χ1v) is 16.8. The number of carbonyl (C=O) groups excluding carboxylic acids is 2. The Hall–Kier alpha value is -4.90. The molecule has 16 heteroatoms. The number of aryl methyl sites for hydroxylation is 2. The van der Waals surface area contributed by atoms with Crippen LogP contribution in [0.1, 0.15) is 29.6 Å². The molecule has 14 nitrogen and oxygen atoms in total. The molecule has 4 aromatic rings. The van der Waals surface area contributed by atoms with E-state index < -0.39 is 28.9 Å². The lowest BCUT2D eigenvalue weighted by atomic mass is 9.69. The number of fused-ring (bicyclic) bond motifs is 4. The van der Waals surface area contributed by atoms with Crippen LogP contribution in [0, 0.1) is 0 Å². The summed E-state index contributed by atoms with van der Waals surface area (Å²) in [6.07, 6.45) is 3.02. The normalized spacial score (nSPS) is 18.4. The highest BCUT2D eigenvalue weighted by molar-refractivity contribution is 14.1. The quantitative estimate of drug-likeness (QED) is 0.167. The number of hydrogen-bond donors (Lipinski definition) is 1. The fraction of sp³-hybridized carbons (Fsp3) is 0.294. The molecule has 2 aromatic carbocycles. The molecule has 0 saturated heterocycles. The molecule has 0 radical (unpaired) electrons. The molecule has 0 amide bonds. The molecule has 3 aliphatic rings. The van der Waals surface area contributed by atoms with E-state index in [0.717, 1.165) is 4.57 Å². The number of halogens is 2. The molecule has 7 rings (SSSR count). The van der Waals surface area contributed by atoms with Crippen molar-refractivity contribution in [1.29, 1.82) is 0 Å². The van der Waals surface area contributed by atoms with E-state index in [-0.39, 0.29) is 74.4 Å².